The number of aromatic nitrogens is 3. The van der Waals surface area contributed by atoms with Gasteiger partial charge in [-0.2, -0.15) is 4.98 Å². The maximum Gasteiger partial charge on any atom is 0.251 e. The van der Waals surface area contributed by atoms with E-state index in [2.05, 4.69) is 25.8 Å². The molecule has 0 bridgehead atoms. The molecule has 0 spiro atoms. The predicted octanol–water partition coefficient (Wildman–Crippen LogP) is 2.70. The third kappa shape index (κ3) is 5.11. The van der Waals surface area contributed by atoms with E-state index in [1.165, 1.54) is 0 Å². The number of carbonyl (C=O) groups excluding carboxylic acids is 2. The van der Waals surface area contributed by atoms with Gasteiger partial charge in [-0.15, -0.1) is 0 Å². The van der Waals surface area contributed by atoms with E-state index in [1.54, 1.807) is 49.3 Å². The molecule has 10 nitrogen and oxygen atoms in total. The third-order valence-electron chi connectivity index (χ3n) is 5.85. The summed E-state index contributed by atoms with van der Waals surface area (Å²) in [6, 6.07) is 10.7. The Kier molecular flexibility index (Phi) is 6.95. The lowest BCUT2D eigenvalue weighted by Gasteiger charge is -2.30. The maximum atomic E-state index is 12.5. The molecule has 4 rings (SSSR count). The summed E-state index contributed by atoms with van der Waals surface area (Å²) in [4.78, 5) is 35.3. The summed E-state index contributed by atoms with van der Waals surface area (Å²) in [5.41, 5.74) is 2.90. The van der Waals surface area contributed by atoms with Crippen LogP contribution in [0, 0.1) is 5.41 Å². The van der Waals surface area contributed by atoms with E-state index in [0.717, 1.165) is 5.69 Å². The van der Waals surface area contributed by atoms with Crippen molar-refractivity contribution in [3.8, 4) is 11.4 Å². The number of anilines is 1. The molecule has 0 unspecified atom stereocenters. The van der Waals surface area contributed by atoms with Crippen molar-refractivity contribution >= 4 is 23.2 Å². The number of hydrogen-bond donors (Lipinski definition) is 3. The third-order valence-corrected chi connectivity index (χ3v) is 5.85. The predicted molar refractivity (Wildman–Crippen MR) is 127 cm³/mol. The summed E-state index contributed by atoms with van der Waals surface area (Å²) in [5, 5.41) is 17.7. The second-order valence-electron chi connectivity index (χ2n) is 8.16. The van der Waals surface area contributed by atoms with Crippen LogP contribution in [0.4, 0.5) is 5.69 Å². The lowest BCUT2D eigenvalue weighted by Crippen LogP contribution is -2.43. The fraction of sp³-hybridized carbons (Fsp3) is 0.333. The highest BCUT2D eigenvalue weighted by molar-refractivity contribution is 6.00. The van der Waals surface area contributed by atoms with Crippen LogP contribution in [-0.2, 0) is 4.79 Å². The van der Waals surface area contributed by atoms with Gasteiger partial charge in [0.25, 0.3) is 5.91 Å². The number of nitrogens with zero attached hydrogens (tertiary/aromatic N) is 4. The van der Waals surface area contributed by atoms with Gasteiger partial charge >= 0.3 is 0 Å². The number of piperidine rings is 1. The molecule has 3 heterocycles. The van der Waals surface area contributed by atoms with Crippen molar-refractivity contribution in [2.75, 3.05) is 32.0 Å². The Labute approximate surface area is 197 Å². The zero-order valence-corrected chi connectivity index (χ0v) is 19.2. The second-order valence-corrected chi connectivity index (χ2v) is 8.16. The molecule has 1 aliphatic rings. The van der Waals surface area contributed by atoms with Crippen LogP contribution < -0.4 is 10.6 Å². The number of pyridine rings is 1. The molecule has 10 heteroatoms. The summed E-state index contributed by atoms with van der Waals surface area (Å²) in [6.07, 6.45) is 3.03. The number of likely N-dealkylation sites (tertiary alicyclic amines) is 1. The lowest BCUT2D eigenvalue weighted by atomic mass is 9.96. The quantitative estimate of drug-likeness (QED) is 0.460. The molecule has 3 aromatic rings. The van der Waals surface area contributed by atoms with Crippen LogP contribution in [0.15, 0.2) is 47.1 Å². The van der Waals surface area contributed by atoms with E-state index in [-0.39, 0.29) is 24.3 Å². The zero-order valence-electron chi connectivity index (χ0n) is 19.2. The average Bonchev–Trinajstić information content (AvgIpc) is 3.37. The minimum absolute atomic E-state index is 0.0326. The van der Waals surface area contributed by atoms with E-state index in [1.807, 2.05) is 12.1 Å². The highest BCUT2D eigenvalue weighted by Gasteiger charge is 2.28. The Hall–Kier alpha value is -4.08. The largest absolute Gasteiger partial charge is 0.386 e. The first kappa shape index (κ1) is 23.1. The lowest BCUT2D eigenvalue weighted by molar-refractivity contribution is -0.131. The summed E-state index contributed by atoms with van der Waals surface area (Å²) < 4.78 is 5.52. The van der Waals surface area contributed by atoms with Crippen molar-refractivity contribution < 1.29 is 14.1 Å². The minimum Gasteiger partial charge on any atom is -0.386 e. The van der Waals surface area contributed by atoms with E-state index in [9.17, 15) is 9.59 Å². The topological polar surface area (TPSA) is 137 Å². The number of hydrogen-bond acceptors (Lipinski definition) is 8. The van der Waals surface area contributed by atoms with Crippen LogP contribution in [0.3, 0.4) is 0 Å². The Bertz CT molecular complexity index is 1180. The first-order valence-electron chi connectivity index (χ1n) is 11.1. The van der Waals surface area contributed by atoms with E-state index in [4.69, 9.17) is 9.93 Å². The van der Waals surface area contributed by atoms with Gasteiger partial charge in [0.2, 0.25) is 17.6 Å². The highest BCUT2D eigenvalue weighted by Crippen LogP contribution is 2.29. The Morgan fingerprint density at radius 3 is 2.62 bits per heavy atom. The zero-order chi connectivity index (χ0) is 24.1. The summed E-state index contributed by atoms with van der Waals surface area (Å²) in [7, 11) is 1.77. The molecule has 176 valence electrons. The Morgan fingerprint density at radius 1 is 1.21 bits per heavy atom. The first-order chi connectivity index (χ1) is 16.5. The average molecular weight is 462 g/mol. The van der Waals surface area contributed by atoms with Crippen LogP contribution in [0.25, 0.3) is 11.4 Å². The fourth-order valence-corrected chi connectivity index (χ4v) is 3.93. The van der Waals surface area contributed by atoms with Crippen LogP contribution in [-0.4, -0.2) is 64.2 Å². The number of nitrogens with one attached hydrogen (secondary N) is 3. The molecule has 1 aromatic carbocycles. The molecule has 0 aliphatic carbocycles. The van der Waals surface area contributed by atoms with Crippen molar-refractivity contribution in [1.82, 2.24) is 25.3 Å². The summed E-state index contributed by atoms with van der Waals surface area (Å²) in [6.45, 7) is 2.76. The SMILES string of the molecule is CNc1cc(-c2noc(C3CCN(C(=O)CNC(=O)c4ccccc4)CC3)n2)cnc1C(C)=N. The van der Waals surface area contributed by atoms with Crippen molar-refractivity contribution in [3.05, 3.63) is 59.7 Å². The Balaban J connectivity index is 1.32. The van der Waals surface area contributed by atoms with Crippen LogP contribution in [0.1, 0.15) is 47.6 Å². The van der Waals surface area contributed by atoms with Crippen molar-refractivity contribution in [2.24, 2.45) is 0 Å². The minimum atomic E-state index is -0.262. The smallest absolute Gasteiger partial charge is 0.251 e. The fourth-order valence-electron chi connectivity index (χ4n) is 3.93. The van der Waals surface area contributed by atoms with Gasteiger partial charge in [0, 0.05) is 43.4 Å². The molecule has 1 aliphatic heterocycles. The molecule has 1 saturated heterocycles. The molecular formula is C24H27N7O3. The van der Waals surface area contributed by atoms with Crippen molar-refractivity contribution in [1.29, 1.82) is 5.41 Å². The Morgan fingerprint density at radius 2 is 1.94 bits per heavy atom. The van der Waals surface area contributed by atoms with E-state index >= 15 is 0 Å². The van der Waals surface area contributed by atoms with Crippen LogP contribution >= 0.6 is 0 Å². The molecular weight excluding hydrogens is 434 g/mol. The van der Waals surface area contributed by atoms with Crippen LogP contribution in [0.2, 0.25) is 0 Å². The maximum absolute atomic E-state index is 12.5. The molecule has 34 heavy (non-hydrogen) atoms. The summed E-state index contributed by atoms with van der Waals surface area (Å²) >= 11 is 0. The van der Waals surface area contributed by atoms with Gasteiger partial charge in [-0.25, -0.2) is 0 Å². The first-order valence-corrected chi connectivity index (χ1v) is 11.1. The van der Waals surface area contributed by atoms with Crippen molar-refractivity contribution in [3.63, 3.8) is 0 Å². The number of benzene rings is 1. The van der Waals surface area contributed by atoms with Gasteiger partial charge in [-0.05, 0) is 38.0 Å². The second kappa shape index (κ2) is 10.2. The normalized spacial score (nSPS) is 14.0. The molecule has 0 atom stereocenters. The molecule has 0 radical (unpaired) electrons. The van der Waals surface area contributed by atoms with Crippen LogP contribution in [0.5, 0.6) is 0 Å². The summed E-state index contributed by atoms with van der Waals surface area (Å²) in [5.74, 6) is 0.667. The van der Waals surface area contributed by atoms with E-state index in [0.29, 0.717) is 60.2 Å². The molecule has 2 aromatic heterocycles. The van der Waals surface area contributed by atoms with E-state index < -0.39 is 0 Å². The standard InChI is InChI=1S/C24H27N7O3/c1-15(25)21-19(26-2)12-18(13-27-21)22-29-24(34-30-22)17-8-10-31(11-9-17)20(32)14-28-23(33)16-6-4-3-5-7-16/h3-7,12-13,17,25-26H,8-11,14H2,1-2H3,(H,28,33). The van der Waals surface area contributed by atoms with Gasteiger partial charge in [0.15, 0.2) is 0 Å². The molecule has 0 saturated carbocycles. The van der Waals surface area contributed by atoms with Crippen molar-refractivity contribution in [2.45, 2.75) is 25.7 Å². The number of carbonyl (C=O) groups is 2. The molecule has 3 N–H and O–H groups in total. The van der Waals surface area contributed by atoms with Gasteiger partial charge in [0.1, 0.15) is 5.69 Å². The van der Waals surface area contributed by atoms with Gasteiger partial charge in [-0.1, -0.05) is 23.4 Å². The molecule has 2 amide bonds. The molecule has 1 fully saturated rings. The number of rotatable bonds is 7. The number of amides is 2. The monoisotopic (exact) mass is 461 g/mol. The van der Waals surface area contributed by atoms with Gasteiger partial charge in [0.05, 0.1) is 17.9 Å². The van der Waals surface area contributed by atoms with Gasteiger partial charge in [-0.3, -0.25) is 14.6 Å². The highest BCUT2D eigenvalue weighted by atomic mass is 16.5. The van der Waals surface area contributed by atoms with Gasteiger partial charge < -0.3 is 25.5 Å².